The van der Waals surface area contributed by atoms with Crippen molar-refractivity contribution in [2.24, 2.45) is 11.5 Å². The van der Waals surface area contributed by atoms with Crippen molar-refractivity contribution >= 4 is 24.8 Å². The first-order valence-corrected chi connectivity index (χ1v) is 4.01. The van der Waals surface area contributed by atoms with Gasteiger partial charge in [0.05, 0.1) is 7.11 Å². The zero-order valence-electron chi connectivity index (χ0n) is 8.40. The highest BCUT2D eigenvalue weighted by atomic mass is 35.5. The number of aromatic hydroxyl groups is 1. The monoisotopic (exact) mass is 254 g/mol. The Morgan fingerprint density at radius 1 is 1.20 bits per heavy atom. The highest BCUT2D eigenvalue weighted by Crippen LogP contribution is 2.30. The molecule has 5 N–H and O–H groups in total. The van der Waals surface area contributed by atoms with Crippen LogP contribution in [0.3, 0.4) is 0 Å². The van der Waals surface area contributed by atoms with Crippen LogP contribution in [0.2, 0.25) is 0 Å². The van der Waals surface area contributed by atoms with Crippen LogP contribution in [-0.4, -0.2) is 12.2 Å². The second-order valence-electron chi connectivity index (χ2n) is 2.71. The minimum Gasteiger partial charge on any atom is -0.504 e. The lowest BCUT2D eigenvalue weighted by Gasteiger charge is -2.09. The second-order valence-corrected chi connectivity index (χ2v) is 2.71. The van der Waals surface area contributed by atoms with Crippen molar-refractivity contribution in [2.75, 3.05) is 7.11 Å². The van der Waals surface area contributed by atoms with E-state index in [1.54, 1.807) is 12.1 Å². The number of methoxy groups -OCH3 is 1. The van der Waals surface area contributed by atoms with Gasteiger partial charge < -0.3 is 21.3 Å². The summed E-state index contributed by atoms with van der Waals surface area (Å²) in [4.78, 5) is 0. The molecule has 6 heteroatoms. The number of nitrogens with two attached hydrogens (primary N) is 2. The maximum absolute atomic E-state index is 9.56. The smallest absolute Gasteiger partial charge is 0.162 e. The van der Waals surface area contributed by atoms with E-state index in [1.165, 1.54) is 7.11 Å². The van der Waals surface area contributed by atoms with Crippen LogP contribution in [0.5, 0.6) is 11.5 Å². The molecule has 1 rings (SSSR count). The Morgan fingerprint density at radius 3 is 2.20 bits per heavy atom. The lowest BCUT2D eigenvalue weighted by molar-refractivity contribution is 0.370. The van der Waals surface area contributed by atoms with Crippen LogP contribution in [0.4, 0.5) is 0 Å². The molecule has 0 aromatic heterocycles. The molecule has 0 saturated heterocycles. The van der Waals surface area contributed by atoms with Gasteiger partial charge in [0.25, 0.3) is 0 Å². The fraction of sp³-hybridized carbons (Fsp3) is 0.333. The molecule has 1 aromatic carbocycles. The molecular weight excluding hydrogens is 239 g/mol. The van der Waals surface area contributed by atoms with Crippen LogP contribution in [0.15, 0.2) is 12.1 Å². The molecule has 0 amide bonds. The third-order valence-electron chi connectivity index (χ3n) is 1.89. The lowest BCUT2D eigenvalue weighted by atomic mass is 10.1. The number of rotatable bonds is 3. The summed E-state index contributed by atoms with van der Waals surface area (Å²) in [6.07, 6.45) is 0. The zero-order chi connectivity index (χ0) is 9.84. The Morgan fingerprint density at radius 2 is 1.80 bits per heavy atom. The first-order valence-electron chi connectivity index (χ1n) is 4.01. The average molecular weight is 255 g/mol. The fourth-order valence-corrected chi connectivity index (χ4v) is 1.16. The Hall–Kier alpha value is -0.680. The van der Waals surface area contributed by atoms with Gasteiger partial charge in [-0.05, 0) is 17.7 Å². The van der Waals surface area contributed by atoms with Gasteiger partial charge in [0, 0.05) is 18.7 Å². The SMILES string of the molecule is COc1cc(CN)cc(CN)c1O.Cl.Cl. The summed E-state index contributed by atoms with van der Waals surface area (Å²) in [6.45, 7) is 0.680. The van der Waals surface area contributed by atoms with Crippen molar-refractivity contribution in [3.05, 3.63) is 23.3 Å². The third kappa shape index (κ3) is 3.76. The molecule has 15 heavy (non-hydrogen) atoms. The van der Waals surface area contributed by atoms with Crippen molar-refractivity contribution < 1.29 is 9.84 Å². The number of phenolic OH excluding ortho intramolecular Hbond substituents is 1. The van der Waals surface area contributed by atoms with Crippen LogP contribution >= 0.6 is 24.8 Å². The van der Waals surface area contributed by atoms with Crippen LogP contribution in [0.25, 0.3) is 0 Å². The summed E-state index contributed by atoms with van der Waals surface area (Å²) in [7, 11) is 1.50. The largest absolute Gasteiger partial charge is 0.504 e. The van der Waals surface area contributed by atoms with E-state index in [1.807, 2.05) is 0 Å². The second kappa shape index (κ2) is 7.59. The first kappa shape index (κ1) is 16.7. The molecule has 0 heterocycles. The van der Waals surface area contributed by atoms with Crippen molar-refractivity contribution in [1.29, 1.82) is 0 Å². The molecule has 0 spiro atoms. The lowest BCUT2D eigenvalue weighted by Crippen LogP contribution is -2.02. The Balaban J connectivity index is 0. The van der Waals surface area contributed by atoms with Gasteiger partial charge >= 0.3 is 0 Å². The van der Waals surface area contributed by atoms with Crippen molar-refractivity contribution in [3.8, 4) is 11.5 Å². The molecule has 0 bridgehead atoms. The highest BCUT2D eigenvalue weighted by molar-refractivity contribution is 5.85. The van der Waals surface area contributed by atoms with Gasteiger partial charge in [0.1, 0.15) is 0 Å². The van der Waals surface area contributed by atoms with Crippen LogP contribution < -0.4 is 16.2 Å². The van der Waals surface area contributed by atoms with E-state index in [-0.39, 0.29) is 37.1 Å². The van der Waals surface area contributed by atoms with E-state index in [9.17, 15) is 5.11 Å². The molecular formula is C9H16Cl2N2O2. The van der Waals surface area contributed by atoms with Gasteiger partial charge in [-0.3, -0.25) is 0 Å². The number of phenols is 1. The predicted octanol–water partition coefficient (Wildman–Crippen LogP) is 1.16. The topological polar surface area (TPSA) is 81.5 Å². The van der Waals surface area contributed by atoms with E-state index in [0.29, 0.717) is 17.9 Å². The van der Waals surface area contributed by atoms with E-state index >= 15 is 0 Å². The maximum atomic E-state index is 9.56. The molecule has 0 radical (unpaired) electrons. The molecule has 0 aliphatic carbocycles. The Kier molecular flexibility index (Phi) is 8.47. The highest BCUT2D eigenvalue weighted by Gasteiger charge is 2.08. The first-order chi connectivity index (χ1) is 6.22. The van der Waals surface area contributed by atoms with E-state index in [4.69, 9.17) is 16.2 Å². The Bertz CT molecular complexity index is 283. The summed E-state index contributed by atoms with van der Waals surface area (Å²) < 4.78 is 4.97. The van der Waals surface area contributed by atoms with Crippen molar-refractivity contribution in [1.82, 2.24) is 0 Å². The van der Waals surface area contributed by atoms with Crippen LogP contribution in [-0.2, 0) is 13.1 Å². The number of hydrogen-bond donors (Lipinski definition) is 3. The number of benzene rings is 1. The molecule has 1 aromatic rings. The van der Waals surface area contributed by atoms with Crippen molar-refractivity contribution in [3.63, 3.8) is 0 Å². The molecule has 0 atom stereocenters. The van der Waals surface area contributed by atoms with Crippen LogP contribution in [0.1, 0.15) is 11.1 Å². The van der Waals surface area contributed by atoms with Gasteiger partial charge in [-0.25, -0.2) is 0 Å². The number of halogens is 2. The molecule has 0 fully saturated rings. The summed E-state index contributed by atoms with van der Waals surface area (Å²) in [5, 5.41) is 9.56. The summed E-state index contributed by atoms with van der Waals surface area (Å²) in [6, 6.07) is 3.48. The van der Waals surface area contributed by atoms with Gasteiger partial charge in [-0.2, -0.15) is 0 Å². The molecule has 0 saturated carbocycles. The predicted molar refractivity (Wildman–Crippen MR) is 64.9 cm³/mol. The minimum absolute atomic E-state index is 0. The van der Waals surface area contributed by atoms with Gasteiger partial charge in [-0.15, -0.1) is 24.8 Å². The Labute approximate surface area is 101 Å². The summed E-state index contributed by atoms with van der Waals surface area (Å²) in [5.74, 6) is 0.519. The number of ether oxygens (including phenoxy) is 1. The average Bonchev–Trinajstić information content (AvgIpc) is 2.18. The van der Waals surface area contributed by atoms with Gasteiger partial charge in [-0.1, -0.05) is 0 Å². The van der Waals surface area contributed by atoms with Crippen molar-refractivity contribution in [2.45, 2.75) is 13.1 Å². The summed E-state index contributed by atoms with van der Waals surface area (Å²) >= 11 is 0. The molecule has 4 nitrogen and oxygen atoms in total. The van der Waals surface area contributed by atoms with E-state index < -0.39 is 0 Å². The maximum Gasteiger partial charge on any atom is 0.162 e. The molecule has 88 valence electrons. The standard InChI is InChI=1S/C9H14N2O2.2ClH/c1-13-8-3-6(4-10)2-7(5-11)9(8)12;;/h2-3,12H,4-5,10-11H2,1H3;2*1H. The third-order valence-corrected chi connectivity index (χ3v) is 1.89. The van der Waals surface area contributed by atoms with E-state index in [2.05, 4.69) is 0 Å². The zero-order valence-corrected chi connectivity index (χ0v) is 10.0. The van der Waals surface area contributed by atoms with Gasteiger partial charge in [0.15, 0.2) is 11.5 Å². The molecule has 0 aliphatic rings. The quantitative estimate of drug-likeness (QED) is 0.757. The molecule has 0 aliphatic heterocycles. The normalized spacial score (nSPS) is 8.73. The minimum atomic E-state index is 0. The summed E-state index contributed by atoms with van der Waals surface area (Å²) in [5.41, 5.74) is 12.5. The fourth-order valence-electron chi connectivity index (χ4n) is 1.16. The van der Waals surface area contributed by atoms with Gasteiger partial charge in [0.2, 0.25) is 0 Å². The van der Waals surface area contributed by atoms with Crippen LogP contribution in [0, 0.1) is 0 Å². The number of hydrogen-bond acceptors (Lipinski definition) is 4. The van der Waals surface area contributed by atoms with E-state index in [0.717, 1.165) is 5.56 Å². The molecule has 0 unspecified atom stereocenters.